The maximum atomic E-state index is 13.5. The van der Waals surface area contributed by atoms with Gasteiger partial charge in [-0.1, -0.05) is 0 Å². The van der Waals surface area contributed by atoms with Crippen molar-refractivity contribution in [3.8, 4) is 6.07 Å². The number of carbonyl (C=O) groups excluding carboxylic acids is 4. The first-order valence-electron chi connectivity index (χ1n) is 13.2. The number of likely N-dealkylation sites (N-methyl/N-ethyl adjacent to an activating group) is 1. The summed E-state index contributed by atoms with van der Waals surface area (Å²) in [6, 6.07) is 6.12. The van der Waals surface area contributed by atoms with Gasteiger partial charge in [0.15, 0.2) is 0 Å². The monoisotopic (exact) mass is 570 g/mol. The molecule has 1 fully saturated rings. The van der Waals surface area contributed by atoms with Gasteiger partial charge in [-0.15, -0.1) is 0 Å². The van der Waals surface area contributed by atoms with Crippen LogP contribution in [-0.2, 0) is 42.2 Å². The molecule has 2 heterocycles. The summed E-state index contributed by atoms with van der Waals surface area (Å²) in [5.74, 6) is -3.54. The molecular formula is C28H35FN6O6. The van der Waals surface area contributed by atoms with Crippen LogP contribution in [0.2, 0.25) is 0 Å². The molecule has 41 heavy (non-hydrogen) atoms. The van der Waals surface area contributed by atoms with E-state index in [-0.39, 0.29) is 24.6 Å². The lowest BCUT2D eigenvalue weighted by Crippen LogP contribution is -2.54. The van der Waals surface area contributed by atoms with E-state index in [1.54, 1.807) is 24.0 Å². The molecule has 1 aliphatic rings. The fourth-order valence-corrected chi connectivity index (χ4v) is 4.77. The lowest BCUT2D eigenvalue weighted by Gasteiger charge is -2.34. The highest BCUT2D eigenvalue weighted by molar-refractivity contribution is 5.93. The van der Waals surface area contributed by atoms with Crippen molar-refractivity contribution < 1.29 is 33.0 Å². The molecule has 2 aromatic rings. The van der Waals surface area contributed by atoms with Crippen molar-refractivity contribution in [1.29, 1.82) is 5.26 Å². The molecule has 1 aromatic heterocycles. The minimum atomic E-state index is -1.70. The van der Waals surface area contributed by atoms with Gasteiger partial charge in [0.05, 0.1) is 29.7 Å². The highest BCUT2D eigenvalue weighted by Gasteiger charge is 2.41. The summed E-state index contributed by atoms with van der Waals surface area (Å²) in [4.78, 5) is 53.7. The Morgan fingerprint density at radius 3 is 2.37 bits per heavy atom. The molecule has 0 unspecified atom stereocenters. The predicted molar refractivity (Wildman–Crippen MR) is 145 cm³/mol. The van der Waals surface area contributed by atoms with Gasteiger partial charge >= 0.3 is 11.9 Å². The third kappa shape index (κ3) is 8.03. The summed E-state index contributed by atoms with van der Waals surface area (Å²) in [6.07, 6.45) is -0.408. The van der Waals surface area contributed by atoms with E-state index in [9.17, 15) is 28.8 Å². The first-order valence-corrected chi connectivity index (χ1v) is 13.2. The minimum Gasteiger partial charge on any atom is -0.448 e. The average Bonchev–Trinajstić information content (AvgIpc) is 3.25. The van der Waals surface area contributed by atoms with Gasteiger partial charge in [-0.2, -0.15) is 10.4 Å². The topological polar surface area (TPSA) is 147 Å². The Kier molecular flexibility index (Phi) is 10.4. The Bertz CT molecular complexity index is 1310. The van der Waals surface area contributed by atoms with E-state index in [1.165, 1.54) is 24.1 Å². The molecule has 12 nitrogen and oxygen atoms in total. The van der Waals surface area contributed by atoms with Crippen LogP contribution in [0, 0.1) is 30.0 Å². The normalized spacial score (nSPS) is 14.9. The standard InChI is InChI=1S/C28H35FN6O6/c1-17-14-32-34(5)24(17)16-33(4)28(39)26(41-19(3)37)25(40-18(2)36)27(38)31-15-20-8-10-35(11-9-20)23-7-6-22(29)12-21(23)13-30/h6-7,12,14,20,25-26H,8-11,15-16H2,1-5H3,(H,31,38)/t25-,26-/m1/s1. The number of nitriles is 1. The molecular weight excluding hydrogens is 535 g/mol. The van der Waals surface area contributed by atoms with Crippen molar-refractivity contribution in [2.24, 2.45) is 13.0 Å². The zero-order valence-corrected chi connectivity index (χ0v) is 23.8. The summed E-state index contributed by atoms with van der Waals surface area (Å²) < 4.78 is 25.6. The van der Waals surface area contributed by atoms with E-state index in [1.807, 2.05) is 17.9 Å². The number of carbonyl (C=O) groups is 4. The van der Waals surface area contributed by atoms with Gasteiger partial charge in [0.2, 0.25) is 12.2 Å². The Hall–Kier alpha value is -4.47. The van der Waals surface area contributed by atoms with Crippen LogP contribution >= 0.6 is 0 Å². The van der Waals surface area contributed by atoms with Gasteiger partial charge in [0.1, 0.15) is 11.9 Å². The number of amides is 2. The molecule has 1 saturated heterocycles. The summed E-state index contributed by atoms with van der Waals surface area (Å²) in [7, 11) is 3.21. The van der Waals surface area contributed by atoms with Crippen molar-refractivity contribution in [2.45, 2.75) is 52.4 Å². The molecule has 0 saturated carbocycles. The molecule has 0 spiro atoms. The molecule has 13 heteroatoms. The Balaban J connectivity index is 1.67. The molecule has 0 bridgehead atoms. The van der Waals surface area contributed by atoms with Crippen LogP contribution in [0.15, 0.2) is 24.4 Å². The van der Waals surface area contributed by atoms with Gasteiger partial charge in [0.25, 0.3) is 11.8 Å². The quantitative estimate of drug-likeness (QED) is 0.421. The van der Waals surface area contributed by atoms with Crippen LogP contribution in [0.3, 0.4) is 0 Å². The van der Waals surface area contributed by atoms with Gasteiger partial charge in [0, 0.05) is 47.6 Å². The number of nitrogens with one attached hydrogen (secondary N) is 1. The Morgan fingerprint density at radius 1 is 1.17 bits per heavy atom. The number of halogens is 1. The molecule has 2 amide bonds. The van der Waals surface area contributed by atoms with Gasteiger partial charge in [-0.05, 0) is 49.4 Å². The third-order valence-corrected chi connectivity index (χ3v) is 7.00. The SMILES string of the molecule is CC(=O)O[C@@H](C(=O)NCC1CCN(c2ccc(F)cc2C#N)CC1)[C@@H](OC(C)=O)C(=O)N(C)Cc1c(C)cnn1C. The minimum absolute atomic E-state index is 0.0533. The van der Waals surface area contributed by atoms with Gasteiger partial charge in [-0.3, -0.25) is 23.9 Å². The maximum Gasteiger partial charge on any atom is 0.303 e. The molecule has 3 rings (SSSR count). The number of hydrogen-bond donors (Lipinski definition) is 1. The van der Waals surface area contributed by atoms with Crippen molar-refractivity contribution in [2.75, 3.05) is 31.6 Å². The summed E-state index contributed by atoms with van der Waals surface area (Å²) in [5.41, 5.74) is 2.50. The number of piperidine rings is 1. The van der Waals surface area contributed by atoms with E-state index < -0.39 is 41.8 Å². The van der Waals surface area contributed by atoms with Crippen LogP contribution in [0.5, 0.6) is 0 Å². The largest absolute Gasteiger partial charge is 0.448 e. The van der Waals surface area contributed by atoms with Crippen molar-refractivity contribution in [3.05, 3.63) is 47.0 Å². The number of aryl methyl sites for hydroxylation is 2. The van der Waals surface area contributed by atoms with Crippen molar-refractivity contribution in [1.82, 2.24) is 20.0 Å². The first kappa shape index (κ1) is 31.1. The van der Waals surface area contributed by atoms with Crippen LogP contribution in [0.25, 0.3) is 0 Å². The van der Waals surface area contributed by atoms with E-state index in [0.29, 0.717) is 31.6 Å². The number of hydrogen-bond acceptors (Lipinski definition) is 9. The summed E-state index contributed by atoms with van der Waals surface area (Å²) >= 11 is 0. The van der Waals surface area contributed by atoms with Crippen LogP contribution in [0.1, 0.15) is 43.5 Å². The molecule has 2 atom stereocenters. The number of aromatic nitrogens is 2. The first-order chi connectivity index (χ1) is 19.4. The summed E-state index contributed by atoms with van der Waals surface area (Å²) in [6.45, 7) is 5.55. The van der Waals surface area contributed by atoms with Crippen LogP contribution in [0.4, 0.5) is 10.1 Å². The number of rotatable bonds is 10. The highest BCUT2D eigenvalue weighted by Crippen LogP contribution is 2.26. The lowest BCUT2D eigenvalue weighted by molar-refractivity contribution is -0.177. The third-order valence-electron chi connectivity index (χ3n) is 7.00. The van der Waals surface area contributed by atoms with Gasteiger partial charge < -0.3 is 24.6 Å². The van der Waals surface area contributed by atoms with Crippen molar-refractivity contribution >= 4 is 29.4 Å². The predicted octanol–water partition coefficient (Wildman–Crippen LogP) is 1.59. The fraction of sp³-hybridized carbons (Fsp3) is 0.500. The van der Waals surface area contributed by atoms with E-state index in [2.05, 4.69) is 10.4 Å². The smallest absolute Gasteiger partial charge is 0.303 e. The van der Waals surface area contributed by atoms with Crippen LogP contribution in [-0.4, -0.2) is 77.3 Å². The molecule has 1 aromatic carbocycles. The molecule has 220 valence electrons. The number of ether oxygens (including phenoxy) is 2. The molecule has 1 N–H and O–H groups in total. The van der Waals surface area contributed by atoms with Crippen molar-refractivity contribution in [3.63, 3.8) is 0 Å². The number of esters is 2. The zero-order chi connectivity index (χ0) is 30.3. The van der Waals surface area contributed by atoms with E-state index >= 15 is 0 Å². The number of benzene rings is 1. The fourth-order valence-electron chi connectivity index (χ4n) is 4.77. The molecule has 1 aliphatic heterocycles. The van der Waals surface area contributed by atoms with Gasteiger partial charge in [-0.25, -0.2) is 4.39 Å². The second kappa shape index (κ2) is 13.7. The maximum absolute atomic E-state index is 13.5. The zero-order valence-electron chi connectivity index (χ0n) is 23.8. The number of nitrogens with zero attached hydrogens (tertiary/aromatic N) is 5. The highest BCUT2D eigenvalue weighted by atomic mass is 19.1. The van der Waals surface area contributed by atoms with Crippen LogP contribution < -0.4 is 10.2 Å². The average molecular weight is 571 g/mol. The van der Waals surface area contributed by atoms with E-state index in [0.717, 1.165) is 25.1 Å². The molecule has 0 radical (unpaired) electrons. The Morgan fingerprint density at radius 2 is 1.80 bits per heavy atom. The Labute approximate surface area is 238 Å². The second-order valence-electron chi connectivity index (χ2n) is 10.1. The number of anilines is 1. The lowest BCUT2D eigenvalue weighted by atomic mass is 9.95. The summed E-state index contributed by atoms with van der Waals surface area (Å²) in [5, 5.41) is 16.3. The second-order valence-corrected chi connectivity index (χ2v) is 10.1. The molecule has 0 aliphatic carbocycles. The van der Waals surface area contributed by atoms with E-state index in [4.69, 9.17) is 9.47 Å².